The fraction of sp³-hybridized carbons (Fsp3) is 0.0435. The van der Waals surface area contributed by atoms with Gasteiger partial charge in [0.15, 0.2) is 0 Å². The lowest BCUT2D eigenvalue weighted by Gasteiger charge is -2.15. The maximum absolute atomic E-state index is 13.1. The molecular weight excluding hydrogens is 320 g/mol. The zero-order valence-corrected chi connectivity index (χ0v) is 14.5. The van der Waals surface area contributed by atoms with Crippen LogP contribution in [0.1, 0.15) is 5.56 Å². The molecule has 0 saturated heterocycles. The van der Waals surface area contributed by atoms with E-state index in [1.54, 1.807) is 10.6 Å². The molecule has 0 fully saturated rings. The van der Waals surface area contributed by atoms with Gasteiger partial charge in [-0.05, 0) is 18.6 Å². The van der Waals surface area contributed by atoms with E-state index in [2.05, 4.69) is 0 Å². The van der Waals surface area contributed by atoms with Crippen LogP contribution in [0.3, 0.4) is 0 Å². The highest BCUT2D eigenvalue weighted by Gasteiger charge is 2.14. The topological polar surface area (TPSA) is 34.9 Å². The molecule has 26 heavy (non-hydrogen) atoms. The number of hydrogen-bond donors (Lipinski definition) is 0. The summed E-state index contributed by atoms with van der Waals surface area (Å²) < 4.78 is 1.69. The molecule has 1 aromatic heterocycles. The summed E-state index contributed by atoms with van der Waals surface area (Å²) in [5, 5.41) is 0. The highest BCUT2D eigenvalue weighted by molar-refractivity contribution is 5.65. The lowest BCUT2D eigenvalue weighted by molar-refractivity contribution is 0.943. The third-order valence-electron chi connectivity index (χ3n) is 4.38. The smallest absolute Gasteiger partial charge is 0.258 e. The zero-order valence-electron chi connectivity index (χ0n) is 14.5. The molecule has 4 aromatic rings. The van der Waals surface area contributed by atoms with Gasteiger partial charge in [0, 0.05) is 17.2 Å². The molecule has 4 rings (SSSR count). The highest BCUT2D eigenvalue weighted by atomic mass is 16.1. The van der Waals surface area contributed by atoms with Gasteiger partial charge in [0.1, 0.15) is 5.82 Å². The van der Waals surface area contributed by atoms with Crippen molar-refractivity contribution in [1.82, 2.24) is 9.55 Å². The van der Waals surface area contributed by atoms with Gasteiger partial charge in [-0.3, -0.25) is 9.36 Å². The molecule has 0 aliphatic carbocycles. The van der Waals surface area contributed by atoms with Gasteiger partial charge in [0.25, 0.3) is 5.56 Å². The molecule has 126 valence electrons. The number of aryl methyl sites for hydroxylation is 1. The van der Waals surface area contributed by atoms with Gasteiger partial charge in [0.2, 0.25) is 0 Å². The summed E-state index contributed by atoms with van der Waals surface area (Å²) in [7, 11) is 0. The van der Waals surface area contributed by atoms with Crippen LogP contribution in [0.4, 0.5) is 0 Å². The van der Waals surface area contributed by atoms with E-state index in [4.69, 9.17) is 4.98 Å². The summed E-state index contributed by atoms with van der Waals surface area (Å²) in [4.78, 5) is 17.9. The average Bonchev–Trinajstić information content (AvgIpc) is 2.69. The second kappa shape index (κ2) is 6.81. The minimum atomic E-state index is -0.0907. The van der Waals surface area contributed by atoms with Crippen molar-refractivity contribution in [3.63, 3.8) is 0 Å². The Labute approximate surface area is 152 Å². The van der Waals surface area contributed by atoms with Crippen LogP contribution in [-0.4, -0.2) is 9.55 Å². The molecule has 1 heterocycles. The largest absolute Gasteiger partial charge is 0.269 e. The molecule has 0 spiro atoms. The van der Waals surface area contributed by atoms with Crippen LogP contribution < -0.4 is 5.56 Å². The second-order valence-electron chi connectivity index (χ2n) is 6.16. The number of para-hydroxylation sites is 1. The first kappa shape index (κ1) is 16.0. The van der Waals surface area contributed by atoms with Crippen LogP contribution in [-0.2, 0) is 0 Å². The summed E-state index contributed by atoms with van der Waals surface area (Å²) >= 11 is 0. The molecule has 3 heteroatoms. The minimum absolute atomic E-state index is 0.0907. The van der Waals surface area contributed by atoms with E-state index in [9.17, 15) is 4.79 Å². The number of aromatic nitrogens is 2. The maximum atomic E-state index is 13.1. The van der Waals surface area contributed by atoms with Crippen LogP contribution in [0.15, 0.2) is 95.8 Å². The third-order valence-corrected chi connectivity index (χ3v) is 4.38. The summed E-state index contributed by atoms with van der Waals surface area (Å²) in [6.45, 7) is 2.00. The second-order valence-corrected chi connectivity index (χ2v) is 6.16. The van der Waals surface area contributed by atoms with E-state index in [-0.39, 0.29) is 5.56 Å². The fourth-order valence-corrected chi connectivity index (χ4v) is 3.07. The van der Waals surface area contributed by atoms with Crippen molar-refractivity contribution in [3.8, 4) is 28.3 Å². The van der Waals surface area contributed by atoms with Gasteiger partial charge in [-0.2, -0.15) is 0 Å². The number of rotatable bonds is 3. The lowest BCUT2D eigenvalue weighted by Crippen LogP contribution is -2.22. The zero-order chi connectivity index (χ0) is 17.9. The van der Waals surface area contributed by atoms with Gasteiger partial charge in [-0.25, -0.2) is 4.98 Å². The van der Waals surface area contributed by atoms with E-state index in [1.165, 1.54) is 0 Å². The molecule has 0 saturated carbocycles. The quantitative estimate of drug-likeness (QED) is 0.534. The monoisotopic (exact) mass is 338 g/mol. The van der Waals surface area contributed by atoms with E-state index in [0.717, 1.165) is 22.4 Å². The standard InChI is InChI=1S/C23H18N2O/c1-17-10-8-9-15-21(17)25-22(26)16-20(18-11-4-2-5-12-18)24-23(25)19-13-6-3-7-14-19/h2-16H,1H3. The van der Waals surface area contributed by atoms with Gasteiger partial charge < -0.3 is 0 Å². The molecule has 0 unspecified atom stereocenters. The summed E-state index contributed by atoms with van der Waals surface area (Å²) in [6.07, 6.45) is 0. The Bertz CT molecular complexity index is 1100. The van der Waals surface area contributed by atoms with Gasteiger partial charge in [0.05, 0.1) is 11.4 Å². The average molecular weight is 338 g/mol. The third kappa shape index (κ3) is 2.95. The Balaban J connectivity index is 2.03. The predicted molar refractivity (Wildman–Crippen MR) is 105 cm³/mol. The van der Waals surface area contributed by atoms with E-state index in [0.29, 0.717) is 11.5 Å². The molecular formula is C23H18N2O. The molecule has 3 nitrogen and oxygen atoms in total. The Morgan fingerprint density at radius 2 is 1.31 bits per heavy atom. The van der Waals surface area contributed by atoms with Crippen molar-refractivity contribution >= 4 is 0 Å². The molecule has 0 N–H and O–H groups in total. The van der Waals surface area contributed by atoms with Gasteiger partial charge in [-0.15, -0.1) is 0 Å². The number of nitrogens with zero attached hydrogens (tertiary/aromatic N) is 2. The molecule has 0 aliphatic heterocycles. The van der Waals surface area contributed by atoms with Crippen LogP contribution in [0.2, 0.25) is 0 Å². The van der Waals surface area contributed by atoms with E-state index in [1.807, 2.05) is 91.9 Å². The minimum Gasteiger partial charge on any atom is -0.269 e. The Morgan fingerprint density at radius 3 is 1.96 bits per heavy atom. The predicted octanol–water partition coefficient (Wildman–Crippen LogP) is 4.87. The van der Waals surface area contributed by atoms with E-state index >= 15 is 0 Å². The molecule has 3 aromatic carbocycles. The van der Waals surface area contributed by atoms with Gasteiger partial charge >= 0.3 is 0 Å². The van der Waals surface area contributed by atoms with Crippen molar-refractivity contribution in [2.24, 2.45) is 0 Å². The summed E-state index contributed by atoms with van der Waals surface area (Å²) in [5.74, 6) is 0.645. The first-order chi connectivity index (χ1) is 12.7. The molecule has 0 atom stereocenters. The normalized spacial score (nSPS) is 10.7. The Kier molecular flexibility index (Phi) is 4.20. The van der Waals surface area contributed by atoms with Crippen LogP contribution in [0, 0.1) is 6.92 Å². The molecule has 0 aliphatic rings. The first-order valence-corrected chi connectivity index (χ1v) is 8.55. The highest BCUT2D eigenvalue weighted by Crippen LogP contribution is 2.24. The van der Waals surface area contributed by atoms with Crippen LogP contribution in [0.5, 0.6) is 0 Å². The summed E-state index contributed by atoms with van der Waals surface area (Å²) in [6, 6.07) is 29.1. The Hall–Kier alpha value is -3.46. The molecule has 0 bridgehead atoms. The lowest BCUT2D eigenvalue weighted by atomic mass is 10.1. The molecule has 0 radical (unpaired) electrons. The van der Waals surface area contributed by atoms with Crippen molar-refractivity contribution < 1.29 is 0 Å². The number of benzene rings is 3. The SMILES string of the molecule is Cc1ccccc1-n1c(-c2ccccc2)nc(-c2ccccc2)cc1=O. The van der Waals surface area contributed by atoms with Crippen LogP contribution in [0.25, 0.3) is 28.3 Å². The van der Waals surface area contributed by atoms with Crippen molar-refractivity contribution in [3.05, 3.63) is 107 Å². The van der Waals surface area contributed by atoms with Crippen molar-refractivity contribution in [2.45, 2.75) is 6.92 Å². The number of hydrogen-bond acceptors (Lipinski definition) is 2. The fourth-order valence-electron chi connectivity index (χ4n) is 3.07. The van der Waals surface area contributed by atoms with Crippen molar-refractivity contribution in [1.29, 1.82) is 0 Å². The van der Waals surface area contributed by atoms with E-state index < -0.39 is 0 Å². The first-order valence-electron chi connectivity index (χ1n) is 8.55. The summed E-state index contributed by atoms with van der Waals surface area (Å²) in [5.41, 5.74) is 4.31. The van der Waals surface area contributed by atoms with Gasteiger partial charge in [-0.1, -0.05) is 78.9 Å². The van der Waals surface area contributed by atoms with Crippen LogP contribution >= 0.6 is 0 Å². The van der Waals surface area contributed by atoms with Crippen molar-refractivity contribution in [2.75, 3.05) is 0 Å². The molecule has 0 amide bonds. The maximum Gasteiger partial charge on any atom is 0.258 e. The Morgan fingerprint density at radius 1 is 0.731 bits per heavy atom.